The van der Waals surface area contributed by atoms with Crippen molar-refractivity contribution in [3.8, 4) is 0 Å². The number of aliphatic hydroxyl groups is 1. The highest BCUT2D eigenvalue weighted by Gasteiger charge is 2.26. The van der Waals surface area contributed by atoms with Crippen LogP contribution in [0.1, 0.15) is 37.7 Å². The number of nitrogens with zero attached hydrogens (tertiary/aromatic N) is 1. The van der Waals surface area contributed by atoms with Crippen molar-refractivity contribution >= 4 is 5.96 Å². The number of aliphatic imine (C=N–C) groups is 1. The highest BCUT2D eigenvalue weighted by Crippen LogP contribution is 2.21. The topological polar surface area (TPSA) is 92.2 Å². The zero-order valence-corrected chi connectivity index (χ0v) is 15.8. The summed E-state index contributed by atoms with van der Waals surface area (Å²) in [6.07, 6.45) is 7.54. The van der Waals surface area contributed by atoms with Crippen LogP contribution in [0.25, 0.3) is 0 Å². The second-order valence-electron chi connectivity index (χ2n) is 7.04. The molecule has 0 aliphatic carbocycles. The number of guanidine groups is 1. The first kappa shape index (κ1) is 19.5. The molecule has 7 nitrogen and oxygen atoms in total. The fourth-order valence-electron chi connectivity index (χ4n) is 3.01. The lowest BCUT2D eigenvalue weighted by Crippen LogP contribution is -2.44. The molecule has 1 fully saturated rings. The first-order valence-corrected chi connectivity index (χ1v) is 9.56. The Hall–Kier alpha value is -2.25. The maximum absolute atomic E-state index is 10.6. The van der Waals surface area contributed by atoms with Crippen molar-refractivity contribution in [2.75, 3.05) is 26.2 Å². The highest BCUT2D eigenvalue weighted by molar-refractivity contribution is 5.79. The number of hydrogen-bond acceptors (Lipinski definition) is 5. The largest absolute Gasteiger partial charge is 0.469 e. The van der Waals surface area contributed by atoms with Crippen molar-refractivity contribution in [3.05, 3.63) is 48.3 Å². The quantitative estimate of drug-likeness (QED) is 0.485. The molecule has 0 saturated carbocycles. The molecule has 0 aromatic carbocycles. The second-order valence-corrected chi connectivity index (χ2v) is 7.04. The van der Waals surface area contributed by atoms with Crippen LogP contribution in [0.2, 0.25) is 0 Å². The van der Waals surface area contributed by atoms with E-state index < -0.39 is 5.60 Å². The van der Waals surface area contributed by atoms with E-state index in [0.29, 0.717) is 24.8 Å². The van der Waals surface area contributed by atoms with Gasteiger partial charge in [0.25, 0.3) is 0 Å². The zero-order chi connectivity index (χ0) is 19.0. The maximum atomic E-state index is 10.6. The number of nitrogens with one attached hydrogen (secondary N) is 2. The summed E-state index contributed by atoms with van der Waals surface area (Å²) in [6, 6.07) is 7.34. The lowest BCUT2D eigenvalue weighted by Gasteiger charge is -2.24. The highest BCUT2D eigenvalue weighted by atomic mass is 16.5. The normalized spacial score (nSPS) is 20.2. The first-order chi connectivity index (χ1) is 13.1. The molecule has 7 heteroatoms. The molecule has 148 valence electrons. The summed E-state index contributed by atoms with van der Waals surface area (Å²) < 4.78 is 16.5. The third-order valence-electron chi connectivity index (χ3n) is 4.61. The van der Waals surface area contributed by atoms with E-state index in [9.17, 15) is 5.11 Å². The van der Waals surface area contributed by atoms with Gasteiger partial charge in [-0.1, -0.05) is 0 Å². The zero-order valence-electron chi connectivity index (χ0n) is 15.8. The minimum atomic E-state index is -1.17. The molecule has 0 radical (unpaired) electrons. The Morgan fingerprint density at radius 3 is 2.78 bits per heavy atom. The van der Waals surface area contributed by atoms with Gasteiger partial charge >= 0.3 is 0 Å². The summed E-state index contributed by atoms with van der Waals surface area (Å²) in [5.41, 5.74) is -1.17. The Balaban J connectivity index is 1.56. The molecule has 0 bridgehead atoms. The minimum absolute atomic E-state index is 0.183. The van der Waals surface area contributed by atoms with Gasteiger partial charge in [0.15, 0.2) is 5.96 Å². The van der Waals surface area contributed by atoms with E-state index in [0.717, 1.165) is 31.6 Å². The Morgan fingerprint density at radius 1 is 1.22 bits per heavy atom. The van der Waals surface area contributed by atoms with Gasteiger partial charge in [0.1, 0.15) is 17.1 Å². The first-order valence-electron chi connectivity index (χ1n) is 9.56. The van der Waals surface area contributed by atoms with Gasteiger partial charge in [-0.2, -0.15) is 0 Å². The molecule has 1 aliphatic rings. The summed E-state index contributed by atoms with van der Waals surface area (Å²) in [5.74, 6) is 2.06. The number of rotatable bonds is 8. The van der Waals surface area contributed by atoms with Gasteiger partial charge in [0.2, 0.25) is 0 Å². The van der Waals surface area contributed by atoms with Crippen LogP contribution in [0.5, 0.6) is 0 Å². The van der Waals surface area contributed by atoms with Gasteiger partial charge < -0.3 is 29.3 Å². The Bertz CT molecular complexity index is 674. The smallest absolute Gasteiger partial charge is 0.191 e. The maximum Gasteiger partial charge on any atom is 0.191 e. The molecule has 0 spiro atoms. The molecule has 0 amide bonds. The van der Waals surface area contributed by atoms with Gasteiger partial charge in [-0.15, -0.1) is 0 Å². The molecule has 1 aliphatic heterocycles. The van der Waals surface area contributed by atoms with Crippen molar-refractivity contribution < 1.29 is 18.7 Å². The van der Waals surface area contributed by atoms with Gasteiger partial charge in [-0.25, -0.2) is 4.99 Å². The monoisotopic (exact) mass is 375 g/mol. The van der Waals surface area contributed by atoms with Crippen LogP contribution < -0.4 is 10.6 Å². The molecule has 3 rings (SSSR count). The average Bonchev–Trinajstić information content (AvgIpc) is 3.38. The van der Waals surface area contributed by atoms with Crippen LogP contribution in [-0.2, 0) is 16.8 Å². The number of furan rings is 2. The van der Waals surface area contributed by atoms with E-state index in [-0.39, 0.29) is 12.6 Å². The van der Waals surface area contributed by atoms with Gasteiger partial charge in [-0.3, -0.25) is 0 Å². The summed E-state index contributed by atoms with van der Waals surface area (Å²) in [7, 11) is 0. The SMILES string of the molecule is CC(O)(CN=C(NCCc1ccco1)NCC1CCCCO1)c1ccco1. The Kier molecular flexibility index (Phi) is 6.95. The number of ether oxygens (including phenoxy) is 1. The van der Waals surface area contributed by atoms with E-state index >= 15 is 0 Å². The Labute approximate surface area is 159 Å². The van der Waals surface area contributed by atoms with Crippen molar-refractivity contribution in [1.82, 2.24) is 10.6 Å². The lowest BCUT2D eigenvalue weighted by atomic mass is 10.0. The molecule has 2 aromatic rings. The third kappa shape index (κ3) is 6.15. The molecule has 3 heterocycles. The van der Waals surface area contributed by atoms with Crippen molar-refractivity contribution in [2.45, 2.75) is 44.3 Å². The molecular weight excluding hydrogens is 346 g/mol. The third-order valence-corrected chi connectivity index (χ3v) is 4.61. The van der Waals surface area contributed by atoms with Gasteiger partial charge in [0.05, 0.1) is 25.2 Å². The predicted molar refractivity (Wildman–Crippen MR) is 103 cm³/mol. The van der Waals surface area contributed by atoms with E-state index in [4.69, 9.17) is 13.6 Å². The molecule has 2 aromatic heterocycles. The van der Waals surface area contributed by atoms with Crippen molar-refractivity contribution in [2.24, 2.45) is 4.99 Å². The van der Waals surface area contributed by atoms with Crippen LogP contribution in [0.3, 0.4) is 0 Å². The molecular formula is C20H29N3O4. The summed E-state index contributed by atoms with van der Waals surface area (Å²) >= 11 is 0. The lowest BCUT2D eigenvalue weighted by molar-refractivity contribution is 0.0193. The molecule has 1 saturated heterocycles. The van der Waals surface area contributed by atoms with E-state index in [1.165, 1.54) is 6.42 Å². The minimum Gasteiger partial charge on any atom is -0.469 e. The summed E-state index contributed by atoms with van der Waals surface area (Å²) in [4.78, 5) is 4.55. The fourth-order valence-corrected chi connectivity index (χ4v) is 3.01. The number of hydrogen-bond donors (Lipinski definition) is 3. The summed E-state index contributed by atoms with van der Waals surface area (Å²) in [5, 5.41) is 17.2. The molecule has 2 atom stereocenters. The van der Waals surface area contributed by atoms with Crippen LogP contribution >= 0.6 is 0 Å². The van der Waals surface area contributed by atoms with Crippen LogP contribution in [0.4, 0.5) is 0 Å². The molecule has 27 heavy (non-hydrogen) atoms. The standard InChI is InChI=1S/C20H29N3O4/c1-20(24,18-8-5-13-27-18)15-23-19(21-10-9-16-7-4-12-25-16)22-14-17-6-2-3-11-26-17/h4-5,7-8,12-13,17,24H,2-3,6,9-11,14-15H2,1H3,(H2,21,22,23). The fraction of sp³-hybridized carbons (Fsp3) is 0.550. The van der Waals surface area contributed by atoms with E-state index in [1.807, 2.05) is 12.1 Å². The predicted octanol–water partition coefficient (Wildman–Crippen LogP) is 2.43. The molecule has 3 N–H and O–H groups in total. The average molecular weight is 375 g/mol. The second kappa shape index (κ2) is 9.62. The van der Waals surface area contributed by atoms with Crippen molar-refractivity contribution in [1.29, 1.82) is 0 Å². The van der Waals surface area contributed by atoms with Gasteiger partial charge in [0, 0.05) is 26.1 Å². The van der Waals surface area contributed by atoms with E-state index in [2.05, 4.69) is 15.6 Å². The van der Waals surface area contributed by atoms with E-state index in [1.54, 1.807) is 31.6 Å². The Morgan fingerprint density at radius 2 is 2.07 bits per heavy atom. The molecule has 2 unspecified atom stereocenters. The van der Waals surface area contributed by atoms with Crippen LogP contribution in [0.15, 0.2) is 50.6 Å². The van der Waals surface area contributed by atoms with Crippen LogP contribution in [-0.4, -0.2) is 43.4 Å². The van der Waals surface area contributed by atoms with Crippen molar-refractivity contribution in [3.63, 3.8) is 0 Å². The van der Waals surface area contributed by atoms with Gasteiger partial charge in [-0.05, 0) is 50.5 Å². The summed E-state index contributed by atoms with van der Waals surface area (Å²) in [6.45, 7) is 4.06. The van der Waals surface area contributed by atoms with Crippen LogP contribution in [0, 0.1) is 0 Å².